The second kappa shape index (κ2) is 9.86. The molecule has 0 aliphatic carbocycles. The molecule has 0 aliphatic heterocycles. The number of benzene rings is 2. The molecule has 0 unspecified atom stereocenters. The largest absolute Gasteiger partial charge is 0.452 e. The average molecular weight is 469 g/mol. The van der Waals surface area contributed by atoms with E-state index in [9.17, 15) is 24.4 Å². The van der Waals surface area contributed by atoms with Crippen molar-refractivity contribution in [3.05, 3.63) is 41.8 Å². The molecule has 11 heteroatoms. The number of esters is 4. The first kappa shape index (κ1) is 24.0. The van der Waals surface area contributed by atoms with E-state index in [4.69, 9.17) is 23.4 Å². The van der Waals surface area contributed by atoms with Crippen LogP contribution in [0.1, 0.15) is 27.7 Å². The van der Waals surface area contributed by atoms with Crippen molar-refractivity contribution in [2.24, 2.45) is 5.16 Å². The average Bonchev–Trinajstić information content (AvgIpc) is 2.72. The van der Waals surface area contributed by atoms with E-state index in [1.165, 1.54) is 50.2 Å². The van der Waals surface area contributed by atoms with Gasteiger partial charge in [-0.25, -0.2) is 0 Å². The van der Waals surface area contributed by atoms with E-state index in [-0.39, 0.29) is 45.1 Å². The molecule has 34 heavy (non-hydrogen) atoms. The van der Waals surface area contributed by atoms with Gasteiger partial charge in [-0.2, -0.15) is 0 Å². The number of nitrogens with zero attached hydrogens (tertiary/aromatic N) is 1. The molecule has 176 valence electrons. The predicted octanol–water partition coefficient (Wildman–Crippen LogP) is 3.09. The van der Waals surface area contributed by atoms with Crippen LogP contribution in [0.4, 0.5) is 0 Å². The molecule has 1 aromatic heterocycles. The molecule has 0 bridgehead atoms. The zero-order chi connectivity index (χ0) is 25.0. The van der Waals surface area contributed by atoms with Crippen LogP contribution < -0.4 is 24.3 Å². The second-order valence-corrected chi connectivity index (χ2v) is 6.90. The Morgan fingerprint density at radius 2 is 1.32 bits per heavy atom. The van der Waals surface area contributed by atoms with Crippen LogP contribution in [0.15, 0.2) is 46.0 Å². The Hall–Kier alpha value is -4.67. The first-order valence-corrected chi connectivity index (χ1v) is 9.76. The van der Waals surface area contributed by atoms with Gasteiger partial charge in [0.1, 0.15) is 22.8 Å². The van der Waals surface area contributed by atoms with E-state index < -0.39 is 23.9 Å². The summed E-state index contributed by atoms with van der Waals surface area (Å²) in [7, 11) is 0. The summed E-state index contributed by atoms with van der Waals surface area (Å²) in [4.78, 5) is 46.1. The lowest BCUT2D eigenvalue weighted by molar-refractivity contribution is -0.133. The van der Waals surface area contributed by atoms with Crippen LogP contribution in [-0.4, -0.2) is 29.1 Å². The highest BCUT2D eigenvalue weighted by atomic mass is 16.6. The number of rotatable bonds is 5. The number of ether oxygens (including phenoxy) is 4. The number of fused-ring (bicyclic) bond motifs is 1. The maximum absolute atomic E-state index is 11.8. The summed E-state index contributed by atoms with van der Waals surface area (Å²) in [6.07, 6.45) is 0. The molecule has 2 aromatic carbocycles. The van der Waals surface area contributed by atoms with E-state index in [2.05, 4.69) is 5.16 Å². The topological polar surface area (TPSA) is 151 Å². The van der Waals surface area contributed by atoms with Gasteiger partial charge in [0.15, 0.2) is 11.1 Å². The highest BCUT2D eigenvalue weighted by Crippen LogP contribution is 2.37. The smallest absolute Gasteiger partial charge is 0.308 e. The Morgan fingerprint density at radius 3 is 1.85 bits per heavy atom. The lowest BCUT2D eigenvalue weighted by atomic mass is 10.1. The molecule has 0 aliphatic rings. The standard InChI is InChI=1S/C23H19NO10/c1-11(25)30-16-7-5-15(6-8-16)22-23(33-14(4)28)21(24-29)20-18(32-13(3)27)9-17(31-12(2)26)10-19(20)34-22/h5-10,29H,1-4H3. The third-order valence-corrected chi connectivity index (χ3v) is 4.15. The van der Waals surface area contributed by atoms with Gasteiger partial charge in [-0.3, -0.25) is 19.2 Å². The van der Waals surface area contributed by atoms with Crippen molar-refractivity contribution in [2.75, 3.05) is 0 Å². The minimum atomic E-state index is -0.747. The van der Waals surface area contributed by atoms with Gasteiger partial charge in [0.25, 0.3) is 0 Å². The SMILES string of the molecule is CC(=O)Oc1ccc(-c2oc3cc(OC(C)=O)cc(OC(C)=O)c3c(=NO)c2OC(C)=O)cc1. The normalized spacial score (nSPS) is 11.1. The van der Waals surface area contributed by atoms with Gasteiger partial charge in [-0.1, -0.05) is 5.16 Å². The molecule has 0 amide bonds. The minimum absolute atomic E-state index is 0.0136. The molecule has 0 radical (unpaired) electrons. The highest BCUT2D eigenvalue weighted by molar-refractivity contribution is 5.91. The highest BCUT2D eigenvalue weighted by Gasteiger charge is 2.23. The zero-order valence-corrected chi connectivity index (χ0v) is 18.5. The molecule has 0 spiro atoms. The van der Waals surface area contributed by atoms with Crippen LogP contribution in [0.5, 0.6) is 23.0 Å². The first-order chi connectivity index (χ1) is 16.1. The molecular formula is C23H19NO10. The van der Waals surface area contributed by atoms with Gasteiger partial charge >= 0.3 is 23.9 Å². The fraction of sp³-hybridized carbons (Fsp3) is 0.174. The summed E-state index contributed by atoms with van der Waals surface area (Å²) in [6, 6.07) is 8.51. The minimum Gasteiger partial charge on any atom is -0.452 e. The maximum atomic E-state index is 11.8. The van der Waals surface area contributed by atoms with E-state index >= 15 is 0 Å². The Morgan fingerprint density at radius 1 is 0.765 bits per heavy atom. The fourth-order valence-electron chi connectivity index (χ4n) is 3.08. The van der Waals surface area contributed by atoms with Gasteiger partial charge in [0.2, 0.25) is 5.75 Å². The van der Waals surface area contributed by atoms with Crippen LogP contribution >= 0.6 is 0 Å². The summed E-state index contributed by atoms with van der Waals surface area (Å²) < 4.78 is 26.5. The van der Waals surface area contributed by atoms with E-state index in [0.29, 0.717) is 5.56 Å². The molecule has 3 rings (SSSR count). The lowest BCUT2D eigenvalue weighted by Gasteiger charge is -2.14. The second-order valence-electron chi connectivity index (χ2n) is 6.90. The summed E-state index contributed by atoms with van der Waals surface area (Å²) in [5, 5.41) is 12.8. The van der Waals surface area contributed by atoms with Crippen molar-refractivity contribution < 1.29 is 47.8 Å². The third kappa shape index (κ3) is 5.38. The van der Waals surface area contributed by atoms with Crippen LogP contribution in [-0.2, 0) is 19.2 Å². The molecule has 0 saturated carbocycles. The Balaban J connectivity index is 2.37. The maximum Gasteiger partial charge on any atom is 0.308 e. The predicted molar refractivity (Wildman–Crippen MR) is 114 cm³/mol. The molecular weight excluding hydrogens is 450 g/mol. The molecule has 1 N–H and O–H groups in total. The van der Waals surface area contributed by atoms with Crippen molar-refractivity contribution >= 4 is 34.8 Å². The Bertz CT molecular complexity index is 1370. The van der Waals surface area contributed by atoms with Crippen molar-refractivity contribution in [1.82, 2.24) is 0 Å². The van der Waals surface area contributed by atoms with Crippen molar-refractivity contribution in [2.45, 2.75) is 27.7 Å². The first-order valence-electron chi connectivity index (χ1n) is 9.76. The molecule has 11 nitrogen and oxygen atoms in total. The molecule has 0 atom stereocenters. The lowest BCUT2D eigenvalue weighted by Crippen LogP contribution is -2.16. The molecule has 3 aromatic rings. The van der Waals surface area contributed by atoms with Crippen LogP contribution in [0.2, 0.25) is 0 Å². The van der Waals surface area contributed by atoms with Crippen LogP contribution in [0, 0.1) is 0 Å². The molecule has 0 saturated heterocycles. The monoisotopic (exact) mass is 469 g/mol. The van der Waals surface area contributed by atoms with Gasteiger partial charge in [0.05, 0.1) is 5.39 Å². The zero-order valence-electron chi connectivity index (χ0n) is 18.5. The number of carbonyl (C=O) groups excluding carboxylic acids is 4. The summed E-state index contributed by atoms with van der Waals surface area (Å²) in [5.74, 6) is -2.85. The number of carbonyl (C=O) groups is 4. The van der Waals surface area contributed by atoms with E-state index in [1.54, 1.807) is 0 Å². The Labute approximate surface area is 192 Å². The van der Waals surface area contributed by atoms with Crippen molar-refractivity contribution in [3.8, 4) is 34.3 Å². The van der Waals surface area contributed by atoms with E-state index in [1.807, 2.05) is 0 Å². The molecule has 0 fully saturated rings. The summed E-state index contributed by atoms with van der Waals surface area (Å²) in [5.41, 5.74) is 0.337. The fourth-order valence-corrected chi connectivity index (χ4v) is 3.08. The van der Waals surface area contributed by atoms with Gasteiger partial charge in [-0.05, 0) is 24.3 Å². The number of hydrogen-bond acceptors (Lipinski definition) is 11. The van der Waals surface area contributed by atoms with Gasteiger partial charge in [-0.15, -0.1) is 0 Å². The quantitative estimate of drug-likeness (QED) is 0.255. The van der Waals surface area contributed by atoms with E-state index in [0.717, 1.165) is 13.8 Å². The Kier molecular flexibility index (Phi) is 6.95. The third-order valence-electron chi connectivity index (χ3n) is 4.15. The van der Waals surface area contributed by atoms with Gasteiger partial charge in [0, 0.05) is 45.4 Å². The van der Waals surface area contributed by atoms with Crippen LogP contribution in [0.3, 0.4) is 0 Å². The summed E-state index contributed by atoms with van der Waals surface area (Å²) >= 11 is 0. The molecule has 1 heterocycles. The number of hydrogen-bond donors (Lipinski definition) is 1. The summed E-state index contributed by atoms with van der Waals surface area (Å²) in [6.45, 7) is 4.71. The van der Waals surface area contributed by atoms with Crippen LogP contribution in [0.25, 0.3) is 22.3 Å². The van der Waals surface area contributed by atoms with Crippen molar-refractivity contribution in [1.29, 1.82) is 0 Å². The van der Waals surface area contributed by atoms with Crippen molar-refractivity contribution in [3.63, 3.8) is 0 Å². The van der Waals surface area contributed by atoms with Gasteiger partial charge < -0.3 is 28.6 Å².